The van der Waals surface area contributed by atoms with Crippen molar-refractivity contribution in [1.82, 2.24) is 4.90 Å². The summed E-state index contributed by atoms with van der Waals surface area (Å²) in [5, 5.41) is 18.6. The molecule has 6 nitrogen and oxygen atoms in total. The van der Waals surface area contributed by atoms with Gasteiger partial charge in [-0.2, -0.15) is 5.26 Å². The number of para-hydroxylation sites is 1. The predicted molar refractivity (Wildman–Crippen MR) is 76.8 cm³/mol. The van der Waals surface area contributed by atoms with Crippen molar-refractivity contribution < 1.29 is 19.4 Å². The van der Waals surface area contributed by atoms with Crippen molar-refractivity contribution in [1.29, 1.82) is 5.26 Å². The molecule has 0 aliphatic heterocycles. The fourth-order valence-electron chi connectivity index (χ4n) is 1.86. The van der Waals surface area contributed by atoms with Gasteiger partial charge in [-0.05, 0) is 19.1 Å². The van der Waals surface area contributed by atoms with Crippen LogP contribution < -0.4 is 4.74 Å². The summed E-state index contributed by atoms with van der Waals surface area (Å²) in [5.74, 6) is 0.0876. The fraction of sp³-hybridized carbons (Fsp3) is 0.467. The first-order valence-corrected chi connectivity index (χ1v) is 6.57. The zero-order valence-corrected chi connectivity index (χ0v) is 12.4. The molecule has 0 aromatic heterocycles. The Hall–Kier alpha value is -2.10. The van der Waals surface area contributed by atoms with Gasteiger partial charge in [0, 0.05) is 20.7 Å². The Bertz CT molecular complexity index is 513. The first-order chi connectivity index (χ1) is 9.99. The van der Waals surface area contributed by atoms with Crippen molar-refractivity contribution in [2.75, 3.05) is 27.3 Å². The Morgan fingerprint density at radius 3 is 2.76 bits per heavy atom. The molecule has 0 radical (unpaired) electrons. The standard InChI is InChI=1S/C15H20N2O4/c1-11(15(19)17(2)9-13(18)10-20-3)21-14-7-5-4-6-12(14)8-16/h4-7,11,13,18H,9-10H2,1-3H3. The van der Waals surface area contributed by atoms with Crippen molar-refractivity contribution in [3.8, 4) is 11.8 Å². The summed E-state index contributed by atoms with van der Waals surface area (Å²) in [6.45, 7) is 1.92. The third-order valence-corrected chi connectivity index (χ3v) is 2.88. The molecule has 1 rings (SSSR count). The van der Waals surface area contributed by atoms with E-state index in [9.17, 15) is 9.90 Å². The van der Waals surface area contributed by atoms with Crippen LogP contribution >= 0.6 is 0 Å². The lowest BCUT2D eigenvalue weighted by molar-refractivity contribution is -0.138. The molecule has 21 heavy (non-hydrogen) atoms. The number of carbonyl (C=O) groups excluding carboxylic acids is 1. The molecule has 1 aromatic rings. The lowest BCUT2D eigenvalue weighted by atomic mass is 10.2. The molecule has 1 N–H and O–H groups in total. The minimum absolute atomic E-state index is 0.153. The van der Waals surface area contributed by atoms with Crippen LogP contribution in [-0.4, -0.2) is 55.4 Å². The van der Waals surface area contributed by atoms with Gasteiger partial charge in [-0.1, -0.05) is 12.1 Å². The monoisotopic (exact) mass is 292 g/mol. The van der Waals surface area contributed by atoms with Crippen molar-refractivity contribution in [3.05, 3.63) is 29.8 Å². The van der Waals surface area contributed by atoms with Crippen LogP contribution in [0.15, 0.2) is 24.3 Å². The molecule has 0 fully saturated rings. The largest absolute Gasteiger partial charge is 0.480 e. The zero-order valence-electron chi connectivity index (χ0n) is 12.4. The molecule has 1 amide bonds. The number of carbonyl (C=O) groups is 1. The van der Waals surface area contributed by atoms with E-state index in [0.717, 1.165) is 0 Å². The number of aliphatic hydroxyl groups excluding tert-OH is 1. The average Bonchev–Trinajstić information content (AvgIpc) is 2.47. The Morgan fingerprint density at radius 2 is 2.14 bits per heavy atom. The van der Waals surface area contributed by atoms with Crippen LogP contribution in [0.3, 0.4) is 0 Å². The van der Waals surface area contributed by atoms with Crippen LogP contribution in [0, 0.1) is 11.3 Å². The highest BCUT2D eigenvalue weighted by Crippen LogP contribution is 2.18. The number of nitrogens with zero attached hydrogens (tertiary/aromatic N) is 2. The number of ether oxygens (including phenoxy) is 2. The Balaban J connectivity index is 2.64. The van der Waals surface area contributed by atoms with E-state index in [1.807, 2.05) is 6.07 Å². The maximum absolute atomic E-state index is 12.2. The summed E-state index contributed by atoms with van der Waals surface area (Å²) in [6.07, 6.45) is -1.50. The second-order valence-corrected chi connectivity index (χ2v) is 4.70. The Morgan fingerprint density at radius 1 is 1.48 bits per heavy atom. The van der Waals surface area contributed by atoms with E-state index in [-0.39, 0.29) is 19.1 Å². The van der Waals surface area contributed by atoms with Gasteiger partial charge in [0.15, 0.2) is 6.10 Å². The molecule has 0 aliphatic rings. The molecular weight excluding hydrogens is 272 g/mol. The van der Waals surface area contributed by atoms with E-state index in [0.29, 0.717) is 11.3 Å². The molecule has 1 aromatic carbocycles. The van der Waals surface area contributed by atoms with E-state index in [2.05, 4.69) is 0 Å². The van der Waals surface area contributed by atoms with Gasteiger partial charge in [0.25, 0.3) is 5.91 Å². The van der Waals surface area contributed by atoms with Crippen LogP contribution in [0.2, 0.25) is 0 Å². The number of hydrogen-bond donors (Lipinski definition) is 1. The smallest absolute Gasteiger partial charge is 0.263 e. The molecule has 0 saturated carbocycles. The molecule has 0 aliphatic carbocycles. The number of aliphatic hydroxyl groups is 1. The van der Waals surface area contributed by atoms with Crippen molar-refractivity contribution >= 4 is 5.91 Å². The minimum Gasteiger partial charge on any atom is -0.480 e. The lowest BCUT2D eigenvalue weighted by Crippen LogP contribution is -2.42. The maximum Gasteiger partial charge on any atom is 0.263 e. The van der Waals surface area contributed by atoms with Crippen molar-refractivity contribution in [2.45, 2.75) is 19.1 Å². The highest BCUT2D eigenvalue weighted by atomic mass is 16.5. The quantitative estimate of drug-likeness (QED) is 0.803. The normalized spacial score (nSPS) is 13.1. The van der Waals surface area contributed by atoms with Gasteiger partial charge in [0.1, 0.15) is 11.8 Å². The Kier molecular flexibility index (Phi) is 6.66. The second-order valence-electron chi connectivity index (χ2n) is 4.70. The van der Waals surface area contributed by atoms with E-state index in [1.54, 1.807) is 38.2 Å². The fourth-order valence-corrected chi connectivity index (χ4v) is 1.86. The van der Waals surface area contributed by atoms with Crippen LogP contribution in [0.4, 0.5) is 0 Å². The highest BCUT2D eigenvalue weighted by Gasteiger charge is 2.22. The van der Waals surface area contributed by atoms with Crippen LogP contribution in [-0.2, 0) is 9.53 Å². The molecule has 114 valence electrons. The summed E-state index contributed by atoms with van der Waals surface area (Å²) in [7, 11) is 3.06. The summed E-state index contributed by atoms with van der Waals surface area (Å²) >= 11 is 0. The average molecular weight is 292 g/mol. The summed E-state index contributed by atoms with van der Waals surface area (Å²) in [4.78, 5) is 13.5. The summed E-state index contributed by atoms with van der Waals surface area (Å²) in [5.41, 5.74) is 0.374. The lowest BCUT2D eigenvalue weighted by Gasteiger charge is -2.24. The molecule has 0 saturated heterocycles. The van der Waals surface area contributed by atoms with Gasteiger partial charge in [-0.25, -0.2) is 0 Å². The number of amides is 1. The number of rotatable bonds is 7. The van der Waals surface area contributed by atoms with Crippen LogP contribution in [0.1, 0.15) is 12.5 Å². The van der Waals surface area contributed by atoms with E-state index in [4.69, 9.17) is 14.7 Å². The van der Waals surface area contributed by atoms with Gasteiger partial charge >= 0.3 is 0 Å². The molecule has 0 spiro atoms. The molecule has 0 bridgehead atoms. The van der Waals surface area contributed by atoms with Crippen molar-refractivity contribution in [3.63, 3.8) is 0 Å². The Labute approximate surface area is 124 Å². The van der Waals surface area contributed by atoms with E-state index < -0.39 is 12.2 Å². The van der Waals surface area contributed by atoms with Gasteiger partial charge in [-0.15, -0.1) is 0 Å². The molecule has 6 heteroatoms. The topological polar surface area (TPSA) is 82.8 Å². The number of nitriles is 1. The maximum atomic E-state index is 12.2. The predicted octanol–water partition coefficient (Wildman–Crippen LogP) is 0.791. The number of methoxy groups -OCH3 is 1. The minimum atomic E-state index is -0.751. The van der Waals surface area contributed by atoms with Crippen LogP contribution in [0.25, 0.3) is 0 Å². The second kappa shape index (κ2) is 8.25. The van der Waals surface area contributed by atoms with Gasteiger partial charge < -0.3 is 19.5 Å². The summed E-state index contributed by atoms with van der Waals surface area (Å²) < 4.78 is 10.3. The number of hydrogen-bond acceptors (Lipinski definition) is 5. The summed E-state index contributed by atoms with van der Waals surface area (Å²) in [6, 6.07) is 8.74. The highest BCUT2D eigenvalue weighted by molar-refractivity contribution is 5.80. The van der Waals surface area contributed by atoms with Gasteiger partial charge in [-0.3, -0.25) is 4.79 Å². The number of likely N-dealkylation sites (N-methyl/N-ethyl adjacent to an activating group) is 1. The first-order valence-electron chi connectivity index (χ1n) is 6.57. The first kappa shape index (κ1) is 17.0. The molecule has 0 heterocycles. The molecule has 2 atom stereocenters. The number of benzene rings is 1. The van der Waals surface area contributed by atoms with E-state index >= 15 is 0 Å². The van der Waals surface area contributed by atoms with Gasteiger partial charge in [0.05, 0.1) is 18.3 Å². The molecule has 2 unspecified atom stereocenters. The van der Waals surface area contributed by atoms with Crippen LogP contribution in [0.5, 0.6) is 5.75 Å². The third kappa shape index (κ3) is 5.06. The van der Waals surface area contributed by atoms with Crippen molar-refractivity contribution in [2.24, 2.45) is 0 Å². The molecular formula is C15H20N2O4. The van der Waals surface area contributed by atoms with Gasteiger partial charge in [0.2, 0.25) is 0 Å². The third-order valence-electron chi connectivity index (χ3n) is 2.88. The zero-order chi connectivity index (χ0) is 15.8. The SMILES string of the molecule is COCC(O)CN(C)C(=O)C(C)Oc1ccccc1C#N. The van der Waals surface area contributed by atoms with E-state index in [1.165, 1.54) is 12.0 Å².